The number of amides is 1. The second kappa shape index (κ2) is 6.37. The standard InChI is InChI=1S/C14H23N3O3/c1-3-11-10(12(4-2)20-17-11)9-16-13(18)14(15)5-7-19-8-6-14/h3-9,15H2,1-2H3,(H,16,18). The molecular weight excluding hydrogens is 258 g/mol. The molecule has 1 saturated heterocycles. The van der Waals surface area contributed by atoms with Gasteiger partial charge in [-0.2, -0.15) is 0 Å². The highest BCUT2D eigenvalue weighted by atomic mass is 16.5. The summed E-state index contributed by atoms with van der Waals surface area (Å²) in [7, 11) is 0. The van der Waals surface area contributed by atoms with Gasteiger partial charge in [0.15, 0.2) is 0 Å². The first-order valence-electron chi connectivity index (χ1n) is 7.22. The topological polar surface area (TPSA) is 90.4 Å². The SMILES string of the molecule is CCc1noc(CC)c1CNC(=O)C1(N)CCOCC1. The van der Waals surface area contributed by atoms with Crippen LogP contribution in [0.3, 0.4) is 0 Å². The van der Waals surface area contributed by atoms with Crippen LogP contribution in [0.15, 0.2) is 4.52 Å². The summed E-state index contributed by atoms with van der Waals surface area (Å²) in [5, 5.41) is 6.96. The van der Waals surface area contributed by atoms with Gasteiger partial charge in [-0.05, 0) is 19.3 Å². The minimum Gasteiger partial charge on any atom is -0.381 e. The van der Waals surface area contributed by atoms with Gasteiger partial charge in [-0.15, -0.1) is 0 Å². The smallest absolute Gasteiger partial charge is 0.240 e. The minimum atomic E-state index is -0.811. The average molecular weight is 281 g/mol. The monoisotopic (exact) mass is 281 g/mol. The molecule has 112 valence electrons. The second-order valence-electron chi connectivity index (χ2n) is 5.19. The Morgan fingerprint density at radius 2 is 2.05 bits per heavy atom. The van der Waals surface area contributed by atoms with E-state index in [4.69, 9.17) is 15.0 Å². The van der Waals surface area contributed by atoms with E-state index < -0.39 is 5.54 Å². The third-order valence-corrected chi connectivity index (χ3v) is 3.87. The molecule has 0 bridgehead atoms. The molecule has 20 heavy (non-hydrogen) atoms. The van der Waals surface area contributed by atoms with Crippen molar-refractivity contribution in [3.05, 3.63) is 17.0 Å². The lowest BCUT2D eigenvalue weighted by Crippen LogP contribution is -2.56. The van der Waals surface area contributed by atoms with Crippen molar-refractivity contribution >= 4 is 5.91 Å². The fourth-order valence-electron chi connectivity index (χ4n) is 2.45. The molecule has 0 aliphatic carbocycles. The first-order chi connectivity index (χ1) is 9.60. The first kappa shape index (κ1) is 15.0. The summed E-state index contributed by atoms with van der Waals surface area (Å²) in [4.78, 5) is 12.3. The minimum absolute atomic E-state index is 0.119. The second-order valence-corrected chi connectivity index (χ2v) is 5.19. The zero-order valence-electron chi connectivity index (χ0n) is 12.2. The van der Waals surface area contributed by atoms with E-state index in [9.17, 15) is 4.79 Å². The Bertz CT molecular complexity index is 443. The van der Waals surface area contributed by atoms with Crippen LogP contribution in [0, 0.1) is 0 Å². The number of carbonyl (C=O) groups is 1. The van der Waals surface area contributed by atoms with Gasteiger partial charge in [-0.1, -0.05) is 19.0 Å². The molecule has 1 aliphatic rings. The maximum absolute atomic E-state index is 12.3. The molecule has 1 aliphatic heterocycles. The number of rotatable bonds is 5. The van der Waals surface area contributed by atoms with E-state index in [2.05, 4.69) is 10.5 Å². The third-order valence-electron chi connectivity index (χ3n) is 3.87. The molecule has 0 atom stereocenters. The fourth-order valence-corrected chi connectivity index (χ4v) is 2.45. The first-order valence-corrected chi connectivity index (χ1v) is 7.22. The van der Waals surface area contributed by atoms with Crippen molar-refractivity contribution < 1.29 is 14.1 Å². The lowest BCUT2D eigenvalue weighted by atomic mass is 9.90. The molecule has 0 unspecified atom stereocenters. The van der Waals surface area contributed by atoms with Gasteiger partial charge in [0.05, 0.1) is 11.2 Å². The van der Waals surface area contributed by atoms with Crippen LogP contribution < -0.4 is 11.1 Å². The zero-order chi connectivity index (χ0) is 14.6. The van der Waals surface area contributed by atoms with Gasteiger partial charge in [0, 0.05) is 31.7 Å². The Balaban J connectivity index is 2.01. The molecule has 1 amide bonds. The molecule has 1 aromatic rings. The normalized spacial score (nSPS) is 17.9. The van der Waals surface area contributed by atoms with Crippen molar-refractivity contribution in [2.24, 2.45) is 5.73 Å². The zero-order valence-corrected chi connectivity index (χ0v) is 12.2. The van der Waals surface area contributed by atoms with Crippen LogP contribution in [-0.2, 0) is 28.9 Å². The van der Waals surface area contributed by atoms with Crippen LogP contribution in [0.2, 0.25) is 0 Å². The third kappa shape index (κ3) is 3.02. The molecule has 1 aromatic heterocycles. The lowest BCUT2D eigenvalue weighted by Gasteiger charge is -2.31. The van der Waals surface area contributed by atoms with Gasteiger partial charge in [-0.3, -0.25) is 4.79 Å². The number of nitrogens with zero attached hydrogens (tertiary/aromatic N) is 1. The van der Waals surface area contributed by atoms with Crippen molar-refractivity contribution in [2.45, 2.75) is 51.6 Å². The Kier molecular flexibility index (Phi) is 4.77. The molecule has 0 saturated carbocycles. The number of hydrogen-bond acceptors (Lipinski definition) is 5. The van der Waals surface area contributed by atoms with E-state index in [1.807, 2.05) is 13.8 Å². The van der Waals surface area contributed by atoms with E-state index in [0.29, 0.717) is 32.6 Å². The maximum atomic E-state index is 12.3. The van der Waals surface area contributed by atoms with Crippen LogP contribution in [-0.4, -0.2) is 29.8 Å². The van der Waals surface area contributed by atoms with E-state index in [1.54, 1.807) is 0 Å². The summed E-state index contributed by atoms with van der Waals surface area (Å²) >= 11 is 0. The van der Waals surface area contributed by atoms with E-state index in [-0.39, 0.29) is 5.91 Å². The molecule has 0 radical (unpaired) electrons. The van der Waals surface area contributed by atoms with Crippen molar-refractivity contribution in [3.63, 3.8) is 0 Å². The number of nitrogens with one attached hydrogen (secondary N) is 1. The molecule has 6 heteroatoms. The summed E-state index contributed by atoms with van der Waals surface area (Å²) in [6.07, 6.45) is 2.67. The van der Waals surface area contributed by atoms with Crippen molar-refractivity contribution in [2.75, 3.05) is 13.2 Å². The van der Waals surface area contributed by atoms with Crippen molar-refractivity contribution in [1.82, 2.24) is 10.5 Å². The number of nitrogens with two attached hydrogens (primary N) is 1. The van der Waals surface area contributed by atoms with Gasteiger partial charge < -0.3 is 20.3 Å². The number of hydrogen-bond donors (Lipinski definition) is 2. The fraction of sp³-hybridized carbons (Fsp3) is 0.714. The van der Waals surface area contributed by atoms with E-state index in [1.165, 1.54) is 0 Å². The van der Waals surface area contributed by atoms with E-state index >= 15 is 0 Å². The largest absolute Gasteiger partial charge is 0.381 e. The number of ether oxygens (including phenoxy) is 1. The maximum Gasteiger partial charge on any atom is 0.240 e. The van der Waals surface area contributed by atoms with Crippen LogP contribution in [0.1, 0.15) is 43.7 Å². The molecule has 1 fully saturated rings. The quantitative estimate of drug-likeness (QED) is 0.837. The predicted molar refractivity (Wildman–Crippen MR) is 74.1 cm³/mol. The highest BCUT2D eigenvalue weighted by Gasteiger charge is 2.35. The predicted octanol–water partition coefficient (Wildman–Crippen LogP) is 0.924. The summed E-state index contributed by atoms with van der Waals surface area (Å²) in [5.41, 5.74) is 7.23. The Hall–Kier alpha value is -1.40. The van der Waals surface area contributed by atoms with Crippen LogP contribution >= 0.6 is 0 Å². The Labute approximate surface area is 119 Å². The molecule has 0 aromatic carbocycles. The lowest BCUT2D eigenvalue weighted by molar-refractivity contribution is -0.129. The average Bonchev–Trinajstić information content (AvgIpc) is 2.87. The summed E-state index contributed by atoms with van der Waals surface area (Å²) in [6.45, 7) is 5.53. The van der Waals surface area contributed by atoms with E-state index in [0.717, 1.165) is 29.9 Å². The number of carbonyl (C=O) groups excluding carboxylic acids is 1. The van der Waals surface area contributed by atoms with Gasteiger partial charge in [0.1, 0.15) is 5.76 Å². The molecule has 3 N–H and O–H groups in total. The van der Waals surface area contributed by atoms with Crippen LogP contribution in [0.5, 0.6) is 0 Å². The van der Waals surface area contributed by atoms with Gasteiger partial charge in [0.2, 0.25) is 5.91 Å². The van der Waals surface area contributed by atoms with Gasteiger partial charge >= 0.3 is 0 Å². The number of aryl methyl sites for hydroxylation is 2. The summed E-state index contributed by atoms with van der Waals surface area (Å²) in [6, 6.07) is 0. The Morgan fingerprint density at radius 1 is 1.35 bits per heavy atom. The van der Waals surface area contributed by atoms with Gasteiger partial charge in [0.25, 0.3) is 0 Å². The molecule has 6 nitrogen and oxygen atoms in total. The van der Waals surface area contributed by atoms with Crippen molar-refractivity contribution in [3.8, 4) is 0 Å². The van der Waals surface area contributed by atoms with Crippen LogP contribution in [0.25, 0.3) is 0 Å². The highest BCUT2D eigenvalue weighted by Crippen LogP contribution is 2.19. The molecule has 2 heterocycles. The summed E-state index contributed by atoms with van der Waals surface area (Å²) < 4.78 is 10.5. The molecule has 0 spiro atoms. The summed E-state index contributed by atoms with van der Waals surface area (Å²) in [5.74, 6) is 0.714. The molecular formula is C14H23N3O3. The molecule has 2 rings (SSSR count). The van der Waals surface area contributed by atoms with Crippen molar-refractivity contribution in [1.29, 1.82) is 0 Å². The number of aromatic nitrogens is 1. The van der Waals surface area contributed by atoms with Crippen LogP contribution in [0.4, 0.5) is 0 Å². The Morgan fingerprint density at radius 3 is 2.65 bits per heavy atom. The van der Waals surface area contributed by atoms with Gasteiger partial charge in [-0.25, -0.2) is 0 Å². The highest BCUT2D eigenvalue weighted by molar-refractivity contribution is 5.86.